The van der Waals surface area contributed by atoms with Gasteiger partial charge in [-0.3, -0.25) is 28.8 Å². The summed E-state index contributed by atoms with van der Waals surface area (Å²) >= 11 is 7.93. The molecule has 1 N–H and O–H groups in total. The van der Waals surface area contributed by atoms with Gasteiger partial charge in [0.05, 0.1) is 54.6 Å². The van der Waals surface area contributed by atoms with Crippen LogP contribution >= 0.6 is 22.9 Å². The SMILES string of the molecule is COc1ccc(OC)c(C=Cc2ccc(N3C(=O)C4CC=C5C(CC6C(=O)N(c7cc(-c8sc9ccc(Cl)cc9c8C)nn7C)C(=O)C6(C)C5c5ccc(OCCO)cc5)C4C3=O)cc2)c1. The smallest absolute Gasteiger partial charge is 0.242 e. The first-order chi connectivity index (χ1) is 31.9. The van der Waals surface area contributed by atoms with Gasteiger partial charge in [-0.1, -0.05) is 59.7 Å². The highest BCUT2D eigenvalue weighted by molar-refractivity contribution is 7.22. The van der Waals surface area contributed by atoms with Gasteiger partial charge >= 0.3 is 0 Å². The van der Waals surface area contributed by atoms with E-state index < -0.39 is 35.0 Å². The summed E-state index contributed by atoms with van der Waals surface area (Å²) in [7, 11) is 4.95. The van der Waals surface area contributed by atoms with Crippen molar-refractivity contribution in [3.63, 3.8) is 0 Å². The van der Waals surface area contributed by atoms with Crippen molar-refractivity contribution >= 4 is 80.3 Å². The van der Waals surface area contributed by atoms with Gasteiger partial charge in [0.1, 0.15) is 35.4 Å². The molecule has 12 nitrogen and oxygen atoms in total. The number of hydrogen-bond donors (Lipinski definition) is 1. The zero-order valence-electron chi connectivity index (χ0n) is 37.0. The van der Waals surface area contributed by atoms with Crippen LogP contribution in [0, 0.1) is 36.0 Å². The molecule has 3 fully saturated rings. The summed E-state index contributed by atoms with van der Waals surface area (Å²) < 4.78 is 19.3. The fourth-order valence-corrected chi connectivity index (χ4v) is 12.2. The van der Waals surface area contributed by atoms with Gasteiger partial charge in [-0.15, -0.1) is 11.3 Å². The molecule has 4 amide bonds. The number of fused-ring (bicyclic) bond motifs is 5. The molecule has 6 atom stereocenters. The Hall–Kier alpha value is -6.54. The number of nitrogens with zero attached hydrogens (tertiary/aromatic N) is 4. The Balaban J connectivity index is 0.992. The predicted octanol–water partition coefficient (Wildman–Crippen LogP) is 9.26. The highest BCUT2D eigenvalue weighted by Crippen LogP contribution is 2.64. The second-order valence-corrected chi connectivity index (χ2v) is 19.0. The van der Waals surface area contributed by atoms with Crippen LogP contribution in [0.2, 0.25) is 5.02 Å². The number of aromatic nitrogens is 2. The number of carbonyl (C=O) groups is 4. The van der Waals surface area contributed by atoms with Gasteiger partial charge in [0.25, 0.3) is 0 Å². The number of carbonyl (C=O) groups excluding carboxylic acids is 4. The molecule has 2 saturated heterocycles. The van der Waals surface area contributed by atoms with Crippen molar-refractivity contribution in [1.82, 2.24) is 9.78 Å². The molecule has 336 valence electrons. The average molecular weight is 923 g/mol. The summed E-state index contributed by atoms with van der Waals surface area (Å²) in [6, 6.07) is 27.8. The van der Waals surface area contributed by atoms with Gasteiger partial charge in [0.15, 0.2) is 0 Å². The molecular formula is C52H47ClN4O8S. The lowest BCUT2D eigenvalue weighted by Gasteiger charge is -2.49. The van der Waals surface area contributed by atoms with Crippen molar-refractivity contribution in [2.75, 3.05) is 37.2 Å². The second kappa shape index (κ2) is 16.7. The van der Waals surface area contributed by atoms with E-state index in [9.17, 15) is 14.7 Å². The van der Waals surface area contributed by atoms with E-state index >= 15 is 9.59 Å². The third-order valence-electron chi connectivity index (χ3n) is 14.1. The number of halogens is 1. The van der Waals surface area contributed by atoms with Crippen molar-refractivity contribution in [3.8, 4) is 27.8 Å². The van der Waals surface area contributed by atoms with Crippen LogP contribution in [0.3, 0.4) is 0 Å². The molecule has 2 aliphatic carbocycles. The van der Waals surface area contributed by atoms with Crippen LogP contribution in [0.1, 0.15) is 47.9 Å². The number of imide groups is 2. The Morgan fingerprint density at radius 3 is 2.35 bits per heavy atom. The van der Waals surface area contributed by atoms with E-state index in [1.165, 1.54) is 9.80 Å². The first-order valence-electron chi connectivity index (χ1n) is 21.9. The maximum absolute atomic E-state index is 15.3. The van der Waals surface area contributed by atoms with E-state index in [4.69, 9.17) is 30.9 Å². The molecule has 10 rings (SSSR count). The lowest BCUT2D eigenvalue weighted by Crippen LogP contribution is -2.48. The summed E-state index contributed by atoms with van der Waals surface area (Å²) in [6.45, 7) is 3.85. The summed E-state index contributed by atoms with van der Waals surface area (Å²) in [5.41, 5.74) is 4.19. The largest absolute Gasteiger partial charge is 0.497 e. The molecule has 0 bridgehead atoms. The highest BCUT2D eigenvalue weighted by atomic mass is 35.5. The molecule has 2 aromatic heterocycles. The third-order valence-corrected chi connectivity index (χ3v) is 15.6. The number of methoxy groups -OCH3 is 2. The molecular weight excluding hydrogens is 876 g/mol. The Morgan fingerprint density at radius 1 is 0.864 bits per heavy atom. The number of amides is 4. The minimum Gasteiger partial charge on any atom is -0.497 e. The fraction of sp³-hybridized carbons (Fsp3) is 0.288. The maximum atomic E-state index is 15.3. The normalized spacial score (nSPS) is 23.7. The average Bonchev–Trinajstić information content (AvgIpc) is 4.00. The summed E-state index contributed by atoms with van der Waals surface area (Å²) in [5, 5.41) is 15.9. The molecule has 0 spiro atoms. The number of benzene rings is 4. The van der Waals surface area contributed by atoms with Crippen LogP contribution in [0.25, 0.3) is 32.8 Å². The molecule has 14 heteroatoms. The molecule has 6 aromatic rings. The van der Waals surface area contributed by atoms with Crippen LogP contribution in [0.4, 0.5) is 11.5 Å². The zero-order chi connectivity index (χ0) is 46.2. The summed E-state index contributed by atoms with van der Waals surface area (Å²) in [6.07, 6.45) is 6.41. The van der Waals surface area contributed by atoms with Gasteiger partial charge in [0, 0.05) is 34.3 Å². The maximum Gasteiger partial charge on any atom is 0.242 e. The standard InChI is InChI=1S/C52H47ClN4O8S/c1-28-38-25-32(53)12-21-43(38)66-47(28)41-27-44(55(3)54-41)57-49(60)40-26-39-36(46(52(40,2)51(57)62)30-10-15-34(16-11-30)65-23-22-58)18-19-37-45(39)50(61)56(48(37)59)33-13-7-29(8-14-33)6-9-31-24-35(63-4)17-20-42(31)64-5/h6-18,20-21,24-25,27,37,39-40,45-46,58H,19,22-23,26H2,1-5H3. The van der Waals surface area contributed by atoms with Crippen LogP contribution in [-0.2, 0) is 26.2 Å². The van der Waals surface area contributed by atoms with E-state index in [1.54, 1.807) is 67.6 Å². The Morgan fingerprint density at radius 2 is 1.62 bits per heavy atom. The Kier molecular flexibility index (Phi) is 11.0. The van der Waals surface area contributed by atoms with Gasteiger partial charge in [-0.2, -0.15) is 5.10 Å². The minimum atomic E-state index is -1.25. The lowest BCUT2D eigenvalue weighted by atomic mass is 9.51. The molecule has 66 heavy (non-hydrogen) atoms. The quantitative estimate of drug-likeness (QED) is 0.0765. The zero-order valence-corrected chi connectivity index (χ0v) is 38.6. The third kappa shape index (κ3) is 6.86. The van der Waals surface area contributed by atoms with Crippen molar-refractivity contribution in [2.24, 2.45) is 36.1 Å². The molecule has 1 saturated carbocycles. The van der Waals surface area contributed by atoms with Crippen LogP contribution in [0.5, 0.6) is 17.2 Å². The number of aliphatic hydroxyl groups is 1. The second-order valence-electron chi connectivity index (χ2n) is 17.6. The number of aliphatic hydroxyl groups excluding tert-OH is 1. The van der Waals surface area contributed by atoms with Crippen LogP contribution < -0.4 is 24.0 Å². The topological polar surface area (TPSA) is 140 Å². The van der Waals surface area contributed by atoms with Gasteiger partial charge in [-0.05, 0) is 115 Å². The van der Waals surface area contributed by atoms with Crippen LogP contribution in [0.15, 0.2) is 103 Å². The fourth-order valence-electron chi connectivity index (χ4n) is 10.9. The van der Waals surface area contributed by atoms with Gasteiger partial charge in [-0.25, -0.2) is 4.90 Å². The number of anilines is 2. The van der Waals surface area contributed by atoms with Gasteiger partial charge < -0.3 is 19.3 Å². The highest BCUT2D eigenvalue weighted by Gasteiger charge is 2.68. The molecule has 4 heterocycles. The van der Waals surface area contributed by atoms with E-state index in [0.29, 0.717) is 45.9 Å². The Bertz CT molecular complexity index is 3030. The monoisotopic (exact) mass is 922 g/mol. The van der Waals surface area contributed by atoms with Crippen molar-refractivity contribution < 1.29 is 38.5 Å². The van der Waals surface area contributed by atoms with E-state index in [2.05, 4.69) is 0 Å². The molecule has 2 aliphatic heterocycles. The molecule has 0 radical (unpaired) electrons. The number of thiophene rings is 1. The molecule has 4 aliphatic rings. The number of ether oxygens (including phenoxy) is 3. The van der Waals surface area contributed by atoms with E-state index in [-0.39, 0.29) is 43.3 Å². The van der Waals surface area contributed by atoms with Gasteiger partial charge in [0.2, 0.25) is 23.6 Å². The summed E-state index contributed by atoms with van der Waals surface area (Å²) in [4.78, 5) is 63.1. The summed E-state index contributed by atoms with van der Waals surface area (Å²) in [5.74, 6) is -2.32. The van der Waals surface area contributed by atoms with Crippen LogP contribution in [-0.4, -0.2) is 65.9 Å². The Labute approximate surface area is 390 Å². The van der Waals surface area contributed by atoms with Crippen molar-refractivity contribution in [3.05, 3.63) is 130 Å². The van der Waals surface area contributed by atoms with Crippen molar-refractivity contribution in [2.45, 2.75) is 32.6 Å². The first-order valence-corrected chi connectivity index (χ1v) is 23.1. The minimum absolute atomic E-state index is 0.118. The van der Waals surface area contributed by atoms with Crippen molar-refractivity contribution in [1.29, 1.82) is 0 Å². The van der Waals surface area contributed by atoms with E-state index in [0.717, 1.165) is 42.8 Å². The number of allylic oxidation sites excluding steroid dienone is 2. The first kappa shape index (κ1) is 43.4. The number of aryl methyl sites for hydroxylation is 2. The lowest BCUT2D eigenvalue weighted by molar-refractivity contribution is -0.131. The number of rotatable bonds is 11. The molecule has 6 unspecified atom stereocenters. The number of hydrogen-bond acceptors (Lipinski definition) is 10. The molecule has 4 aromatic carbocycles. The van der Waals surface area contributed by atoms with E-state index in [1.807, 2.05) is 92.7 Å². The predicted molar refractivity (Wildman–Crippen MR) is 255 cm³/mol.